The number of benzene rings is 1. The van der Waals surface area contributed by atoms with Crippen molar-refractivity contribution in [1.29, 1.82) is 0 Å². The van der Waals surface area contributed by atoms with Crippen LogP contribution in [0.2, 0.25) is 0 Å². The summed E-state index contributed by atoms with van der Waals surface area (Å²) in [5.41, 5.74) is 2.61. The van der Waals surface area contributed by atoms with E-state index in [4.69, 9.17) is 0 Å². The molecule has 16 heavy (non-hydrogen) atoms. The molecular weight excluding hydrogens is 416 g/mol. The zero-order valence-electron chi connectivity index (χ0n) is 8.51. The van der Waals surface area contributed by atoms with E-state index in [2.05, 4.69) is 85.0 Å². The maximum Gasteiger partial charge on any atom is 0.0704 e. The van der Waals surface area contributed by atoms with E-state index in [0.29, 0.717) is 0 Å². The van der Waals surface area contributed by atoms with Crippen molar-refractivity contribution in [3.63, 3.8) is 0 Å². The third-order valence-corrected chi connectivity index (χ3v) is 5.48. The fourth-order valence-corrected chi connectivity index (χ4v) is 4.47. The highest BCUT2D eigenvalue weighted by Gasteiger charge is 2.15. The third-order valence-electron chi connectivity index (χ3n) is 2.36. The van der Waals surface area contributed by atoms with Crippen LogP contribution in [0.3, 0.4) is 0 Å². The van der Waals surface area contributed by atoms with Gasteiger partial charge in [-0.25, -0.2) is 0 Å². The molecule has 0 aliphatic rings. The van der Waals surface area contributed by atoms with Gasteiger partial charge in [0, 0.05) is 9.35 Å². The lowest BCUT2D eigenvalue weighted by atomic mass is 10.1. The van der Waals surface area contributed by atoms with Gasteiger partial charge in [-0.3, -0.25) is 0 Å². The summed E-state index contributed by atoms with van der Waals surface area (Å²) in [5, 5.41) is 0. The molecule has 4 heteroatoms. The zero-order chi connectivity index (χ0) is 11.7. The van der Waals surface area contributed by atoms with E-state index in [1.807, 2.05) is 0 Å². The Kier molecular flexibility index (Phi) is 4.27. The maximum atomic E-state index is 3.75. The number of alkyl halides is 1. The van der Waals surface area contributed by atoms with E-state index in [-0.39, 0.29) is 4.83 Å². The molecule has 0 radical (unpaired) electrons. The smallest absolute Gasteiger partial charge is 0.0704 e. The predicted octanol–water partition coefficient (Wildman–Crippen LogP) is 6.07. The minimum atomic E-state index is 0.267. The lowest BCUT2D eigenvalue weighted by molar-refractivity contribution is 1.17. The number of thiophene rings is 1. The monoisotopic (exact) mass is 422 g/mol. The summed E-state index contributed by atoms with van der Waals surface area (Å²) in [6, 6.07) is 10.6. The van der Waals surface area contributed by atoms with Gasteiger partial charge in [-0.2, -0.15) is 0 Å². The average molecular weight is 425 g/mol. The van der Waals surface area contributed by atoms with Crippen molar-refractivity contribution >= 4 is 59.1 Å². The van der Waals surface area contributed by atoms with Gasteiger partial charge in [0.25, 0.3) is 0 Å². The van der Waals surface area contributed by atoms with Gasteiger partial charge in [0.2, 0.25) is 0 Å². The highest BCUT2D eigenvalue weighted by molar-refractivity contribution is 9.11. The normalized spacial score (nSPS) is 12.8. The van der Waals surface area contributed by atoms with Gasteiger partial charge in [-0.1, -0.05) is 44.0 Å². The molecule has 0 amide bonds. The summed E-state index contributed by atoms with van der Waals surface area (Å²) in [5.74, 6) is 0. The molecule has 0 saturated heterocycles. The van der Waals surface area contributed by atoms with Gasteiger partial charge >= 0.3 is 0 Å². The summed E-state index contributed by atoms with van der Waals surface area (Å²) in [6.45, 7) is 2.15. The Bertz CT molecular complexity index is 487. The van der Waals surface area contributed by atoms with Crippen molar-refractivity contribution in [3.05, 3.63) is 54.6 Å². The van der Waals surface area contributed by atoms with Gasteiger partial charge in [0.15, 0.2) is 0 Å². The van der Waals surface area contributed by atoms with Crippen LogP contribution in [0.5, 0.6) is 0 Å². The van der Waals surface area contributed by atoms with Gasteiger partial charge in [-0.15, -0.1) is 11.3 Å². The molecule has 0 fully saturated rings. The molecule has 1 atom stereocenters. The second-order valence-electron chi connectivity index (χ2n) is 3.48. The molecule has 1 unspecified atom stereocenters. The van der Waals surface area contributed by atoms with Crippen LogP contribution in [-0.4, -0.2) is 0 Å². The molecule has 2 aromatic rings. The molecule has 0 saturated carbocycles. The van der Waals surface area contributed by atoms with Gasteiger partial charge < -0.3 is 0 Å². The molecule has 0 spiro atoms. The Balaban J connectivity index is 2.35. The SMILES string of the molecule is Cc1sc(Br)cc1C(Br)c1ccc(Br)cc1. The molecular formula is C12H9Br3S. The number of hydrogen-bond donors (Lipinski definition) is 0. The number of halogens is 3. The van der Waals surface area contributed by atoms with Crippen molar-refractivity contribution in [1.82, 2.24) is 0 Å². The Morgan fingerprint density at radius 2 is 1.75 bits per heavy atom. The van der Waals surface area contributed by atoms with Crippen molar-refractivity contribution in [3.8, 4) is 0 Å². The first-order valence-electron chi connectivity index (χ1n) is 4.73. The van der Waals surface area contributed by atoms with Gasteiger partial charge in [0.1, 0.15) is 0 Å². The molecule has 1 aromatic heterocycles. The van der Waals surface area contributed by atoms with Gasteiger partial charge in [0.05, 0.1) is 8.61 Å². The van der Waals surface area contributed by atoms with E-state index in [9.17, 15) is 0 Å². The molecule has 84 valence electrons. The summed E-state index contributed by atoms with van der Waals surface area (Å²) >= 11 is 12.5. The Morgan fingerprint density at radius 1 is 1.12 bits per heavy atom. The molecule has 1 aromatic carbocycles. The molecule has 0 aliphatic carbocycles. The minimum Gasteiger partial charge on any atom is -0.133 e. The van der Waals surface area contributed by atoms with Crippen molar-refractivity contribution < 1.29 is 0 Å². The van der Waals surface area contributed by atoms with E-state index in [0.717, 1.165) is 4.47 Å². The first-order chi connectivity index (χ1) is 7.58. The average Bonchev–Trinajstić information content (AvgIpc) is 2.58. The highest BCUT2D eigenvalue weighted by atomic mass is 79.9. The van der Waals surface area contributed by atoms with Crippen LogP contribution in [0.1, 0.15) is 20.8 Å². The minimum absolute atomic E-state index is 0.267. The van der Waals surface area contributed by atoms with E-state index in [1.165, 1.54) is 19.8 Å². The Labute approximate surface area is 124 Å². The predicted molar refractivity (Wildman–Crippen MR) is 81.7 cm³/mol. The first kappa shape index (κ1) is 12.8. The second kappa shape index (κ2) is 5.34. The molecule has 0 bridgehead atoms. The van der Waals surface area contributed by atoms with Crippen LogP contribution in [0.4, 0.5) is 0 Å². The fourth-order valence-electron chi connectivity index (χ4n) is 1.52. The number of hydrogen-bond acceptors (Lipinski definition) is 1. The lowest BCUT2D eigenvalue weighted by Crippen LogP contribution is -1.91. The van der Waals surface area contributed by atoms with Crippen molar-refractivity contribution in [2.24, 2.45) is 0 Å². The standard InChI is InChI=1S/C12H9Br3S/c1-7-10(6-11(14)16-7)12(15)8-2-4-9(13)5-3-8/h2-6,12H,1H3. The summed E-state index contributed by atoms with van der Waals surface area (Å²) in [6.07, 6.45) is 0. The van der Waals surface area contributed by atoms with Crippen molar-refractivity contribution in [2.75, 3.05) is 0 Å². The summed E-state index contributed by atoms with van der Waals surface area (Å²) in [7, 11) is 0. The van der Waals surface area contributed by atoms with Crippen LogP contribution in [0.15, 0.2) is 38.6 Å². The maximum absolute atomic E-state index is 3.75. The summed E-state index contributed by atoms with van der Waals surface area (Å²) < 4.78 is 2.29. The quantitative estimate of drug-likeness (QED) is 0.513. The lowest BCUT2D eigenvalue weighted by Gasteiger charge is -2.10. The Morgan fingerprint density at radius 3 is 2.25 bits per heavy atom. The topological polar surface area (TPSA) is 0 Å². The van der Waals surface area contributed by atoms with Crippen LogP contribution < -0.4 is 0 Å². The first-order valence-corrected chi connectivity index (χ1v) is 8.05. The molecule has 0 N–H and O–H groups in total. The van der Waals surface area contributed by atoms with Crippen molar-refractivity contribution in [2.45, 2.75) is 11.8 Å². The Hall–Kier alpha value is 0.360. The summed E-state index contributed by atoms with van der Waals surface area (Å²) in [4.78, 5) is 1.61. The van der Waals surface area contributed by atoms with E-state index < -0.39 is 0 Å². The number of rotatable bonds is 2. The molecule has 0 nitrogen and oxygen atoms in total. The molecule has 0 aliphatic heterocycles. The van der Waals surface area contributed by atoms with Crippen LogP contribution in [-0.2, 0) is 0 Å². The zero-order valence-corrected chi connectivity index (χ0v) is 14.1. The highest BCUT2D eigenvalue weighted by Crippen LogP contribution is 2.38. The third kappa shape index (κ3) is 2.78. The van der Waals surface area contributed by atoms with Crippen LogP contribution in [0, 0.1) is 6.92 Å². The fraction of sp³-hybridized carbons (Fsp3) is 0.167. The largest absolute Gasteiger partial charge is 0.133 e. The van der Waals surface area contributed by atoms with E-state index in [1.54, 1.807) is 11.3 Å². The van der Waals surface area contributed by atoms with Crippen LogP contribution in [0.25, 0.3) is 0 Å². The van der Waals surface area contributed by atoms with E-state index >= 15 is 0 Å². The molecule has 1 heterocycles. The van der Waals surface area contributed by atoms with Crippen LogP contribution >= 0.6 is 59.1 Å². The number of aryl methyl sites for hydroxylation is 1. The molecule has 2 rings (SSSR count). The van der Waals surface area contributed by atoms with Gasteiger partial charge in [-0.05, 0) is 52.2 Å². The second-order valence-corrected chi connectivity index (χ2v) is 7.94.